The van der Waals surface area contributed by atoms with Crippen molar-refractivity contribution < 1.29 is 20.4 Å². The van der Waals surface area contributed by atoms with Crippen molar-refractivity contribution in [3.8, 4) is 45.0 Å². The van der Waals surface area contributed by atoms with Gasteiger partial charge in [-0.15, -0.1) is 0 Å². The molecule has 0 radical (unpaired) electrons. The van der Waals surface area contributed by atoms with Crippen LogP contribution >= 0.6 is 0 Å². The van der Waals surface area contributed by atoms with Crippen LogP contribution in [0.2, 0.25) is 0 Å². The summed E-state index contributed by atoms with van der Waals surface area (Å²) >= 11 is 0. The number of aromatic amines is 2. The number of benzene rings is 4. The molecule has 2 heterocycles. The Balaban J connectivity index is 0.000000200. The summed E-state index contributed by atoms with van der Waals surface area (Å²) in [6.07, 6.45) is 0. The van der Waals surface area contributed by atoms with Crippen molar-refractivity contribution in [1.29, 1.82) is 0 Å². The largest absolute Gasteiger partial charge is 0.392 e. The molecule has 0 aliphatic rings. The van der Waals surface area contributed by atoms with E-state index in [2.05, 4.69) is 58.5 Å². The standard InChI is InChI=1S/2C18H18N2O2.CH4/c2*1-12-3-2-4-13(7-12)17-9-18(20-19-17)14-5-6-15(10-21)16(8-14)11-22;/h2*2-9,21-22H,10-11H2,1H3,(H,19,20);1H4. The predicted octanol–water partition coefficient (Wildman–Crippen LogP) is 6.71. The topological polar surface area (TPSA) is 138 Å². The number of hydrogen-bond acceptors (Lipinski definition) is 6. The monoisotopic (exact) mass is 604 g/mol. The molecule has 45 heavy (non-hydrogen) atoms. The van der Waals surface area contributed by atoms with E-state index in [1.807, 2.05) is 72.8 Å². The maximum absolute atomic E-state index is 9.40. The second-order valence-electron chi connectivity index (χ2n) is 10.7. The van der Waals surface area contributed by atoms with Crippen LogP contribution in [0.15, 0.2) is 97.1 Å². The van der Waals surface area contributed by atoms with Gasteiger partial charge in [-0.3, -0.25) is 10.2 Å². The van der Waals surface area contributed by atoms with E-state index < -0.39 is 0 Å². The highest BCUT2D eigenvalue weighted by Gasteiger charge is 2.10. The Labute approximate surface area is 263 Å². The fourth-order valence-electron chi connectivity index (χ4n) is 5.03. The van der Waals surface area contributed by atoms with Crippen molar-refractivity contribution in [2.45, 2.75) is 47.7 Å². The van der Waals surface area contributed by atoms with Crippen molar-refractivity contribution in [3.63, 3.8) is 0 Å². The van der Waals surface area contributed by atoms with Gasteiger partial charge in [0.15, 0.2) is 0 Å². The van der Waals surface area contributed by atoms with E-state index in [9.17, 15) is 20.4 Å². The number of rotatable bonds is 8. The van der Waals surface area contributed by atoms with Gasteiger partial charge in [0.2, 0.25) is 0 Å². The molecular weight excluding hydrogens is 564 g/mol. The molecule has 0 saturated heterocycles. The lowest BCUT2D eigenvalue weighted by Gasteiger charge is -2.06. The first-order chi connectivity index (χ1) is 21.4. The number of aryl methyl sites for hydroxylation is 2. The average Bonchev–Trinajstić information content (AvgIpc) is 3.76. The molecule has 2 aromatic heterocycles. The number of aliphatic hydroxyl groups is 4. The zero-order chi connectivity index (χ0) is 31.1. The molecular formula is C37H40N4O4. The fourth-order valence-corrected chi connectivity index (χ4v) is 5.03. The third kappa shape index (κ3) is 7.81. The van der Waals surface area contributed by atoms with Crippen LogP contribution in [0.5, 0.6) is 0 Å². The van der Waals surface area contributed by atoms with Gasteiger partial charge in [-0.2, -0.15) is 10.2 Å². The molecule has 6 rings (SSSR count). The van der Waals surface area contributed by atoms with Gasteiger partial charge < -0.3 is 20.4 Å². The second kappa shape index (κ2) is 15.2. The molecule has 4 aromatic carbocycles. The Bertz CT molecular complexity index is 1720. The summed E-state index contributed by atoms with van der Waals surface area (Å²) in [6, 6.07) is 31.6. The van der Waals surface area contributed by atoms with Crippen LogP contribution in [0.3, 0.4) is 0 Å². The fraction of sp³-hybridized carbons (Fsp3) is 0.189. The molecule has 6 aromatic rings. The summed E-state index contributed by atoms with van der Waals surface area (Å²) in [7, 11) is 0. The maximum Gasteiger partial charge on any atom is 0.0927 e. The molecule has 0 aliphatic heterocycles. The predicted molar refractivity (Wildman–Crippen MR) is 179 cm³/mol. The molecule has 8 nitrogen and oxygen atoms in total. The summed E-state index contributed by atoms with van der Waals surface area (Å²) in [6.45, 7) is 3.77. The van der Waals surface area contributed by atoms with Crippen molar-refractivity contribution in [1.82, 2.24) is 20.4 Å². The van der Waals surface area contributed by atoms with Gasteiger partial charge in [0, 0.05) is 11.1 Å². The minimum Gasteiger partial charge on any atom is -0.392 e. The van der Waals surface area contributed by atoms with E-state index in [1.165, 1.54) is 11.1 Å². The average molecular weight is 605 g/mol. The second-order valence-corrected chi connectivity index (χ2v) is 10.7. The molecule has 0 aliphatic carbocycles. The Hall–Kier alpha value is -4.86. The number of hydrogen-bond donors (Lipinski definition) is 6. The Morgan fingerprint density at radius 3 is 1.22 bits per heavy atom. The number of nitrogens with one attached hydrogen (secondary N) is 2. The molecule has 0 saturated carbocycles. The number of aliphatic hydroxyl groups excluding tert-OH is 4. The van der Waals surface area contributed by atoms with Crippen LogP contribution in [0, 0.1) is 13.8 Å². The first-order valence-electron chi connectivity index (χ1n) is 14.3. The van der Waals surface area contributed by atoms with Crippen molar-refractivity contribution in [3.05, 3.63) is 130 Å². The summed E-state index contributed by atoms with van der Waals surface area (Å²) in [5.41, 5.74) is 12.9. The minimum absolute atomic E-state index is 0. The highest BCUT2D eigenvalue weighted by Crippen LogP contribution is 2.28. The van der Waals surface area contributed by atoms with Gasteiger partial charge in [0.1, 0.15) is 0 Å². The summed E-state index contributed by atoms with van der Waals surface area (Å²) in [5, 5.41) is 52.1. The van der Waals surface area contributed by atoms with Crippen LogP contribution in [0.1, 0.15) is 40.8 Å². The van der Waals surface area contributed by atoms with E-state index in [4.69, 9.17) is 0 Å². The van der Waals surface area contributed by atoms with Crippen LogP contribution < -0.4 is 0 Å². The van der Waals surface area contributed by atoms with Gasteiger partial charge in [-0.1, -0.05) is 79.2 Å². The van der Waals surface area contributed by atoms with Gasteiger partial charge in [-0.05, 0) is 83.6 Å². The Morgan fingerprint density at radius 2 is 0.867 bits per heavy atom. The molecule has 0 spiro atoms. The number of aromatic nitrogens is 4. The number of nitrogens with zero attached hydrogens (tertiary/aromatic N) is 2. The van der Waals surface area contributed by atoms with E-state index in [0.29, 0.717) is 0 Å². The minimum atomic E-state index is -0.0946. The zero-order valence-corrected chi connectivity index (χ0v) is 24.7. The summed E-state index contributed by atoms with van der Waals surface area (Å²) in [4.78, 5) is 0. The maximum atomic E-state index is 9.40. The molecule has 0 unspecified atom stereocenters. The van der Waals surface area contributed by atoms with E-state index in [1.54, 1.807) is 0 Å². The molecule has 0 bridgehead atoms. The van der Waals surface area contributed by atoms with Crippen LogP contribution in [-0.2, 0) is 26.4 Å². The zero-order valence-electron chi connectivity index (χ0n) is 24.7. The van der Waals surface area contributed by atoms with E-state index in [-0.39, 0.29) is 33.9 Å². The highest BCUT2D eigenvalue weighted by atomic mass is 16.3. The third-order valence-electron chi connectivity index (χ3n) is 7.50. The Morgan fingerprint density at radius 1 is 0.467 bits per heavy atom. The van der Waals surface area contributed by atoms with E-state index in [0.717, 1.165) is 67.3 Å². The molecule has 0 fully saturated rings. The quantitative estimate of drug-likeness (QED) is 0.114. The third-order valence-corrected chi connectivity index (χ3v) is 7.50. The van der Waals surface area contributed by atoms with Gasteiger partial charge in [-0.25, -0.2) is 0 Å². The summed E-state index contributed by atoms with van der Waals surface area (Å²) in [5.74, 6) is 0. The lowest BCUT2D eigenvalue weighted by atomic mass is 10.0. The molecule has 0 atom stereocenters. The molecule has 0 amide bonds. The normalized spacial score (nSPS) is 10.6. The highest BCUT2D eigenvalue weighted by molar-refractivity contribution is 5.70. The van der Waals surface area contributed by atoms with Gasteiger partial charge in [0.25, 0.3) is 0 Å². The van der Waals surface area contributed by atoms with Gasteiger partial charge in [0.05, 0.1) is 49.2 Å². The lowest BCUT2D eigenvalue weighted by Crippen LogP contribution is -1.94. The van der Waals surface area contributed by atoms with Gasteiger partial charge >= 0.3 is 0 Å². The molecule has 8 heteroatoms. The van der Waals surface area contributed by atoms with Crippen molar-refractivity contribution in [2.24, 2.45) is 0 Å². The lowest BCUT2D eigenvalue weighted by molar-refractivity contribution is 0.260. The van der Waals surface area contributed by atoms with Crippen LogP contribution in [0.4, 0.5) is 0 Å². The number of H-pyrrole nitrogens is 2. The SMILES string of the molecule is C.Cc1cccc(-c2cc(-c3ccc(CO)c(CO)c3)[nH]n2)c1.Cc1cccc(-c2cc(-c3ccc(CO)c(CO)c3)[nH]n2)c1. The van der Waals surface area contributed by atoms with Crippen molar-refractivity contribution in [2.75, 3.05) is 0 Å². The molecule has 6 N–H and O–H groups in total. The first-order valence-corrected chi connectivity index (χ1v) is 14.3. The first kappa shape index (κ1) is 33.0. The van der Waals surface area contributed by atoms with E-state index >= 15 is 0 Å². The summed E-state index contributed by atoms with van der Waals surface area (Å²) < 4.78 is 0. The van der Waals surface area contributed by atoms with Crippen molar-refractivity contribution >= 4 is 0 Å². The Kier molecular flexibility index (Phi) is 11.2. The van der Waals surface area contributed by atoms with Crippen LogP contribution in [0.25, 0.3) is 45.0 Å². The molecule has 232 valence electrons. The van der Waals surface area contributed by atoms with Crippen LogP contribution in [-0.4, -0.2) is 40.8 Å². The smallest absolute Gasteiger partial charge is 0.0927 e.